The highest BCUT2D eigenvalue weighted by molar-refractivity contribution is 6.02. The molecule has 0 bridgehead atoms. The lowest BCUT2D eigenvalue weighted by atomic mass is 10.1. The van der Waals surface area contributed by atoms with Crippen LogP contribution in [0.15, 0.2) is 30.5 Å². The van der Waals surface area contributed by atoms with Crippen molar-refractivity contribution in [2.75, 3.05) is 0 Å². The number of rotatable bonds is 4. The van der Waals surface area contributed by atoms with E-state index in [9.17, 15) is 5.11 Å². The zero-order chi connectivity index (χ0) is 15.0. The van der Waals surface area contributed by atoms with Crippen LogP contribution in [0, 0.1) is 0 Å². The molecule has 0 aliphatic rings. The molecule has 2 heterocycles. The van der Waals surface area contributed by atoms with E-state index in [1.807, 2.05) is 38.2 Å². The Hall–Kier alpha value is -1.94. The Labute approximate surface area is 124 Å². The molecule has 0 aliphatic heterocycles. The van der Waals surface area contributed by atoms with E-state index in [2.05, 4.69) is 22.5 Å². The average Bonchev–Trinajstić information content (AvgIpc) is 2.76. The van der Waals surface area contributed by atoms with Gasteiger partial charge in [0.05, 0.1) is 29.4 Å². The number of aromatic nitrogens is 3. The molecule has 4 nitrogen and oxygen atoms in total. The fourth-order valence-electron chi connectivity index (χ4n) is 2.78. The number of aliphatic hydroxyl groups is 1. The summed E-state index contributed by atoms with van der Waals surface area (Å²) in [5.74, 6) is 1.02. The summed E-state index contributed by atoms with van der Waals surface area (Å²) in [7, 11) is 0. The van der Waals surface area contributed by atoms with E-state index < -0.39 is 5.60 Å². The van der Waals surface area contributed by atoms with Gasteiger partial charge in [0, 0.05) is 11.8 Å². The minimum atomic E-state index is -0.777. The molecule has 110 valence electrons. The highest BCUT2D eigenvalue weighted by Gasteiger charge is 2.20. The summed E-state index contributed by atoms with van der Waals surface area (Å²) in [4.78, 5) is 9.21. The van der Waals surface area contributed by atoms with Gasteiger partial charge in [0.25, 0.3) is 0 Å². The average molecular weight is 283 g/mol. The Morgan fingerprint density at radius 1 is 1.19 bits per heavy atom. The van der Waals surface area contributed by atoms with Gasteiger partial charge in [0.2, 0.25) is 0 Å². The van der Waals surface area contributed by atoms with Crippen molar-refractivity contribution in [2.24, 2.45) is 0 Å². The highest BCUT2D eigenvalue weighted by Crippen LogP contribution is 2.26. The number of para-hydroxylation sites is 1. The van der Waals surface area contributed by atoms with Crippen LogP contribution >= 0.6 is 0 Å². The molecule has 0 fully saturated rings. The van der Waals surface area contributed by atoms with E-state index in [4.69, 9.17) is 4.98 Å². The molecule has 0 amide bonds. The molecule has 0 radical (unpaired) electrons. The number of nitrogens with zero attached hydrogens (tertiary/aromatic N) is 3. The third-order valence-electron chi connectivity index (χ3n) is 3.58. The topological polar surface area (TPSA) is 50.9 Å². The summed E-state index contributed by atoms with van der Waals surface area (Å²) in [6.07, 6.45) is 3.76. The molecule has 1 aromatic carbocycles. The van der Waals surface area contributed by atoms with Crippen LogP contribution in [-0.2, 0) is 13.0 Å². The molecule has 0 saturated heterocycles. The molecule has 0 atom stereocenters. The van der Waals surface area contributed by atoms with Crippen molar-refractivity contribution in [1.82, 2.24) is 14.5 Å². The fourth-order valence-corrected chi connectivity index (χ4v) is 2.78. The molecule has 0 spiro atoms. The van der Waals surface area contributed by atoms with Crippen molar-refractivity contribution in [3.63, 3.8) is 0 Å². The predicted molar refractivity (Wildman–Crippen MR) is 85.3 cm³/mol. The summed E-state index contributed by atoms with van der Waals surface area (Å²) < 4.78 is 2.16. The van der Waals surface area contributed by atoms with Crippen LogP contribution in [0.2, 0.25) is 0 Å². The standard InChI is InChI=1S/C17H21N3O/c1-4-7-15-19-14-10-18-13-9-6-5-8-12(13)16(14)20(15)11-17(2,3)21/h5-6,8-10,21H,4,7,11H2,1-3H3. The first-order valence-corrected chi connectivity index (χ1v) is 7.45. The summed E-state index contributed by atoms with van der Waals surface area (Å²) in [6, 6.07) is 8.09. The van der Waals surface area contributed by atoms with E-state index in [1.165, 1.54) is 0 Å². The van der Waals surface area contributed by atoms with Gasteiger partial charge in [0.1, 0.15) is 11.3 Å². The maximum Gasteiger partial charge on any atom is 0.110 e. The van der Waals surface area contributed by atoms with Crippen LogP contribution in [0.4, 0.5) is 0 Å². The van der Waals surface area contributed by atoms with E-state index in [1.54, 1.807) is 0 Å². The molecule has 21 heavy (non-hydrogen) atoms. The van der Waals surface area contributed by atoms with Crippen LogP contribution in [0.5, 0.6) is 0 Å². The van der Waals surface area contributed by atoms with Crippen molar-refractivity contribution in [3.8, 4) is 0 Å². The van der Waals surface area contributed by atoms with Gasteiger partial charge >= 0.3 is 0 Å². The van der Waals surface area contributed by atoms with E-state index in [-0.39, 0.29) is 0 Å². The maximum atomic E-state index is 10.2. The minimum Gasteiger partial charge on any atom is -0.389 e. The number of fused-ring (bicyclic) bond motifs is 3. The molecular weight excluding hydrogens is 262 g/mol. The Bertz CT molecular complexity index is 784. The van der Waals surface area contributed by atoms with Crippen LogP contribution in [-0.4, -0.2) is 25.2 Å². The first-order valence-electron chi connectivity index (χ1n) is 7.45. The summed E-state index contributed by atoms with van der Waals surface area (Å²) in [5.41, 5.74) is 2.16. The smallest absolute Gasteiger partial charge is 0.110 e. The normalized spacial score (nSPS) is 12.4. The Morgan fingerprint density at radius 3 is 2.67 bits per heavy atom. The summed E-state index contributed by atoms with van der Waals surface area (Å²) in [5, 5.41) is 11.3. The lowest BCUT2D eigenvalue weighted by molar-refractivity contribution is 0.0618. The molecule has 2 aromatic heterocycles. The Kier molecular flexibility index (Phi) is 3.41. The molecule has 0 saturated carbocycles. The second kappa shape index (κ2) is 5.11. The lowest BCUT2D eigenvalue weighted by Gasteiger charge is -2.20. The largest absolute Gasteiger partial charge is 0.389 e. The number of benzene rings is 1. The van der Waals surface area contributed by atoms with Crippen molar-refractivity contribution in [3.05, 3.63) is 36.3 Å². The Balaban J connectivity index is 2.33. The zero-order valence-electron chi connectivity index (χ0n) is 12.8. The maximum absolute atomic E-state index is 10.2. The van der Waals surface area contributed by atoms with Gasteiger partial charge in [-0.25, -0.2) is 4.98 Å². The molecule has 0 aliphatic carbocycles. The zero-order valence-corrected chi connectivity index (χ0v) is 12.8. The third kappa shape index (κ3) is 2.63. The van der Waals surface area contributed by atoms with Gasteiger partial charge in [-0.05, 0) is 26.3 Å². The molecule has 3 aromatic rings. The second-order valence-corrected chi connectivity index (χ2v) is 6.19. The van der Waals surface area contributed by atoms with Gasteiger partial charge in [-0.15, -0.1) is 0 Å². The molecule has 1 N–H and O–H groups in total. The van der Waals surface area contributed by atoms with Crippen molar-refractivity contribution < 1.29 is 5.11 Å². The van der Waals surface area contributed by atoms with Gasteiger partial charge in [-0.3, -0.25) is 4.98 Å². The molecule has 4 heteroatoms. The number of hydrogen-bond donors (Lipinski definition) is 1. The van der Waals surface area contributed by atoms with E-state index >= 15 is 0 Å². The third-order valence-corrected chi connectivity index (χ3v) is 3.58. The molecule has 0 unspecified atom stereocenters. The second-order valence-electron chi connectivity index (χ2n) is 6.19. The Morgan fingerprint density at radius 2 is 1.95 bits per heavy atom. The van der Waals surface area contributed by atoms with E-state index in [0.29, 0.717) is 6.54 Å². The van der Waals surface area contributed by atoms with Crippen LogP contribution in [0.25, 0.3) is 21.9 Å². The number of aryl methyl sites for hydroxylation is 1. The first kappa shape index (κ1) is 14.0. The van der Waals surface area contributed by atoms with Crippen LogP contribution in [0.1, 0.15) is 33.0 Å². The SMILES string of the molecule is CCCc1nc2cnc3ccccc3c2n1CC(C)(C)O. The molecular formula is C17H21N3O. The lowest BCUT2D eigenvalue weighted by Crippen LogP contribution is -2.27. The van der Waals surface area contributed by atoms with Gasteiger partial charge in [0.15, 0.2) is 0 Å². The quantitative estimate of drug-likeness (QED) is 0.799. The monoisotopic (exact) mass is 283 g/mol. The highest BCUT2D eigenvalue weighted by atomic mass is 16.3. The first-order chi connectivity index (χ1) is 9.99. The number of hydrogen-bond acceptors (Lipinski definition) is 3. The predicted octanol–water partition coefficient (Wildman–Crippen LogP) is 3.31. The fraction of sp³-hybridized carbons (Fsp3) is 0.412. The summed E-state index contributed by atoms with van der Waals surface area (Å²) in [6.45, 7) is 6.34. The van der Waals surface area contributed by atoms with Crippen molar-refractivity contribution in [2.45, 2.75) is 45.8 Å². The number of imidazole rings is 1. The van der Waals surface area contributed by atoms with Gasteiger partial charge < -0.3 is 9.67 Å². The van der Waals surface area contributed by atoms with Crippen molar-refractivity contribution >= 4 is 21.9 Å². The van der Waals surface area contributed by atoms with E-state index in [0.717, 1.165) is 40.6 Å². The van der Waals surface area contributed by atoms with Gasteiger partial charge in [-0.1, -0.05) is 25.1 Å². The summed E-state index contributed by atoms with van der Waals surface area (Å²) >= 11 is 0. The van der Waals surface area contributed by atoms with Crippen LogP contribution < -0.4 is 0 Å². The van der Waals surface area contributed by atoms with Crippen LogP contribution in [0.3, 0.4) is 0 Å². The van der Waals surface area contributed by atoms with Crippen molar-refractivity contribution in [1.29, 1.82) is 0 Å². The minimum absolute atomic E-state index is 0.535. The number of pyridine rings is 1. The molecule has 3 rings (SSSR count). The van der Waals surface area contributed by atoms with Gasteiger partial charge in [-0.2, -0.15) is 0 Å².